The zero-order chi connectivity index (χ0) is 36.4. The molecule has 0 N–H and O–H groups in total. The largest absolute Gasteiger partial charge is 0.494 e. The van der Waals surface area contributed by atoms with Crippen LogP contribution in [-0.4, -0.2) is 76.5 Å². The number of nitrogens with zero attached hydrogens (tertiary/aromatic N) is 4. The van der Waals surface area contributed by atoms with Gasteiger partial charge in [-0.25, -0.2) is 0 Å². The van der Waals surface area contributed by atoms with Crippen molar-refractivity contribution >= 4 is 0 Å². The number of nitriles is 2. The van der Waals surface area contributed by atoms with Crippen LogP contribution in [0, 0.1) is 22.7 Å². The molecule has 0 radical (unpaired) electrons. The molecule has 0 unspecified atom stereocenters. The quantitative estimate of drug-likeness (QED) is 0.0610. The van der Waals surface area contributed by atoms with E-state index < -0.39 is 0 Å². The second-order valence-corrected chi connectivity index (χ2v) is 15.1. The summed E-state index contributed by atoms with van der Waals surface area (Å²) in [5.74, 6) is 1.83. The summed E-state index contributed by atoms with van der Waals surface area (Å²) in [4.78, 5) is 0. The summed E-state index contributed by atoms with van der Waals surface area (Å²) in [6.07, 6.45) is 10.9. The normalized spacial score (nSPS) is 11.5. The molecule has 6 nitrogen and oxygen atoms in total. The number of hydrogen-bond donors (Lipinski definition) is 0. The molecule has 0 aromatic heterocycles. The van der Waals surface area contributed by atoms with Crippen molar-refractivity contribution in [3.05, 3.63) is 108 Å². The topological polar surface area (TPSA) is 66.0 Å². The summed E-state index contributed by atoms with van der Waals surface area (Å²) in [5, 5.41) is 18.0. The molecule has 0 spiro atoms. The van der Waals surface area contributed by atoms with Crippen molar-refractivity contribution in [2.24, 2.45) is 0 Å². The van der Waals surface area contributed by atoms with Gasteiger partial charge in [0, 0.05) is 6.42 Å². The lowest BCUT2D eigenvalue weighted by Gasteiger charge is -2.33. The molecule has 0 aliphatic rings. The van der Waals surface area contributed by atoms with Gasteiger partial charge in [-0.15, -0.1) is 0 Å². The lowest BCUT2D eigenvalue weighted by Crippen LogP contribution is -2.46. The van der Waals surface area contributed by atoms with Gasteiger partial charge in [-0.1, -0.05) is 48.5 Å². The lowest BCUT2D eigenvalue weighted by molar-refractivity contribution is -0.909. The van der Waals surface area contributed by atoms with Gasteiger partial charge in [0.2, 0.25) is 0 Å². The van der Waals surface area contributed by atoms with E-state index >= 15 is 0 Å². The van der Waals surface area contributed by atoms with Crippen LogP contribution in [-0.2, 0) is 0 Å². The van der Waals surface area contributed by atoms with E-state index in [4.69, 9.17) is 20.0 Å². The molecule has 268 valence electrons. The number of hydrogen-bond acceptors (Lipinski definition) is 4. The van der Waals surface area contributed by atoms with E-state index in [0.29, 0.717) is 11.1 Å². The standard InChI is InChI=1S/C45H58N4O2/c1-48(2,30-9-5-7-11-34-50-44-26-22-42(23-27-44)40-18-14-38(36-46)15-19-40)32-13-33-49(3,4)31-10-6-8-12-35-51-45-28-24-43(25-29-45)41-20-16-39(37-47)17-21-41/h14-29H,5-13,30-35H2,1-4H3/q+2. The Hall–Kier alpha value is -4.62. The summed E-state index contributed by atoms with van der Waals surface area (Å²) < 4.78 is 14.2. The first-order valence-electron chi connectivity index (χ1n) is 18.8. The number of rotatable bonds is 22. The summed E-state index contributed by atoms with van der Waals surface area (Å²) in [6.45, 7) is 6.44. The molecule has 0 amide bonds. The molecule has 4 aromatic carbocycles. The van der Waals surface area contributed by atoms with E-state index in [9.17, 15) is 0 Å². The summed E-state index contributed by atoms with van der Waals surface area (Å²) in [7, 11) is 9.54. The van der Waals surface area contributed by atoms with Gasteiger partial charge in [-0.2, -0.15) is 10.5 Å². The summed E-state index contributed by atoms with van der Waals surface area (Å²) in [5.41, 5.74) is 5.83. The Kier molecular flexibility index (Phi) is 15.6. The lowest BCUT2D eigenvalue weighted by atomic mass is 10.0. The van der Waals surface area contributed by atoms with Crippen LogP contribution in [0.4, 0.5) is 0 Å². The SMILES string of the molecule is C[N+](C)(CCCCCCOc1ccc(-c2ccc(C#N)cc2)cc1)CCC[N+](C)(C)CCCCCCOc1ccc(-c2ccc(C#N)cc2)cc1. The number of benzene rings is 4. The highest BCUT2D eigenvalue weighted by atomic mass is 16.5. The van der Waals surface area contributed by atoms with Crippen LogP contribution in [0.1, 0.15) is 68.9 Å². The summed E-state index contributed by atoms with van der Waals surface area (Å²) in [6, 6.07) is 36.2. The third kappa shape index (κ3) is 14.3. The van der Waals surface area contributed by atoms with Gasteiger partial charge in [0.15, 0.2) is 0 Å². The Morgan fingerprint density at radius 3 is 1.02 bits per heavy atom. The van der Waals surface area contributed by atoms with Crippen molar-refractivity contribution in [1.82, 2.24) is 0 Å². The third-order valence-electron chi connectivity index (χ3n) is 9.78. The third-order valence-corrected chi connectivity index (χ3v) is 9.78. The Morgan fingerprint density at radius 2 is 0.686 bits per heavy atom. The van der Waals surface area contributed by atoms with Crippen LogP contribution in [0.2, 0.25) is 0 Å². The van der Waals surface area contributed by atoms with Gasteiger partial charge in [0.25, 0.3) is 0 Å². The maximum absolute atomic E-state index is 8.99. The van der Waals surface area contributed by atoms with Crippen LogP contribution in [0.3, 0.4) is 0 Å². The second kappa shape index (κ2) is 20.3. The molecule has 6 heteroatoms. The first-order valence-corrected chi connectivity index (χ1v) is 18.8. The Labute approximate surface area is 307 Å². The summed E-state index contributed by atoms with van der Waals surface area (Å²) >= 11 is 0. The van der Waals surface area contributed by atoms with Crippen molar-refractivity contribution < 1.29 is 18.4 Å². The van der Waals surface area contributed by atoms with Crippen LogP contribution < -0.4 is 9.47 Å². The minimum absolute atomic E-state index is 0.680. The van der Waals surface area contributed by atoms with E-state index in [1.807, 2.05) is 72.8 Å². The fourth-order valence-corrected chi connectivity index (χ4v) is 6.48. The van der Waals surface area contributed by atoms with Gasteiger partial charge in [-0.3, -0.25) is 0 Å². The predicted octanol–water partition coefficient (Wildman–Crippen LogP) is 9.89. The van der Waals surface area contributed by atoms with Crippen LogP contribution in [0.15, 0.2) is 97.1 Å². The molecular weight excluding hydrogens is 629 g/mol. The van der Waals surface area contributed by atoms with Crippen molar-refractivity contribution in [3.63, 3.8) is 0 Å². The van der Waals surface area contributed by atoms with Gasteiger partial charge >= 0.3 is 0 Å². The number of ether oxygens (including phenoxy) is 2. The zero-order valence-corrected chi connectivity index (χ0v) is 31.4. The average Bonchev–Trinajstić information content (AvgIpc) is 3.14. The van der Waals surface area contributed by atoms with Crippen molar-refractivity contribution in [3.8, 4) is 45.9 Å². The van der Waals surface area contributed by atoms with E-state index in [2.05, 4.69) is 64.6 Å². The second-order valence-electron chi connectivity index (χ2n) is 15.1. The number of unbranched alkanes of at least 4 members (excludes halogenated alkanes) is 6. The molecule has 0 aliphatic heterocycles. The fraction of sp³-hybridized carbons (Fsp3) is 0.422. The van der Waals surface area contributed by atoms with E-state index in [0.717, 1.165) is 68.8 Å². The van der Waals surface area contributed by atoms with Crippen LogP contribution in [0.5, 0.6) is 11.5 Å². The molecule has 4 aromatic rings. The van der Waals surface area contributed by atoms with Gasteiger partial charge in [0.05, 0.1) is 90.8 Å². The van der Waals surface area contributed by atoms with Gasteiger partial charge < -0.3 is 18.4 Å². The Bertz CT molecular complexity index is 1540. The van der Waals surface area contributed by atoms with E-state index in [1.54, 1.807) is 0 Å². The molecule has 0 saturated carbocycles. The van der Waals surface area contributed by atoms with E-state index in [-0.39, 0.29) is 0 Å². The Balaban J connectivity index is 0.980. The molecule has 0 saturated heterocycles. The van der Waals surface area contributed by atoms with Crippen molar-refractivity contribution in [1.29, 1.82) is 10.5 Å². The molecule has 51 heavy (non-hydrogen) atoms. The van der Waals surface area contributed by atoms with Gasteiger partial charge in [-0.05, 0) is 122 Å². The van der Waals surface area contributed by atoms with Crippen molar-refractivity contribution in [2.45, 2.75) is 57.8 Å². The average molecular weight is 687 g/mol. The van der Waals surface area contributed by atoms with E-state index in [1.165, 1.54) is 71.1 Å². The molecule has 0 atom stereocenters. The highest BCUT2D eigenvalue weighted by molar-refractivity contribution is 5.65. The molecule has 0 bridgehead atoms. The minimum Gasteiger partial charge on any atom is -0.494 e. The number of quaternary nitrogens is 2. The molecule has 0 aliphatic carbocycles. The highest BCUT2D eigenvalue weighted by Crippen LogP contribution is 2.24. The maximum atomic E-state index is 8.99. The molecule has 0 fully saturated rings. The first-order chi connectivity index (χ1) is 24.7. The van der Waals surface area contributed by atoms with Crippen molar-refractivity contribution in [2.75, 3.05) is 67.6 Å². The zero-order valence-electron chi connectivity index (χ0n) is 31.4. The van der Waals surface area contributed by atoms with Gasteiger partial charge in [0.1, 0.15) is 11.5 Å². The fourth-order valence-electron chi connectivity index (χ4n) is 6.48. The van der Waals surface area contributed by atoms with Crippen LogP contribution >= 0.6 is 0 Å². The Morgan fingerprint density at radius 1 is 0.392 bits per heavy atom. The smallest absolute Gasteiger partial charge is 0.119 e. The van der Waals surface area contributed by atoms with Crippen LogP contribution in [0.25, 0.3) is 22.3 Å². The monoisotopic (exact) mass is 686 g/mol. The molecule has 0 heterocycles. The molecular formula is C45H58N4O2+2. The predicted molar refractivity (Wildman–Crippen MR) is 209 cm³/mol. The minimum atomic E-state index is 0.680. The first kappa shape index (κ1) is 39.2. The highest BCUT2D eigenvalue weighted by Gasteiger charge is 2.19. The maximum Gasteiger partial charge on any atom is 0.119 e. The molecule has 4 rings (SSSR count).